The van der Waals surface area contributed by atoms with Gasteiger partial charge in [-0.3, -0.25) is 4.79 Å². The van der Waals surface area contributed by atoms with Crippen molar-refractivity contribution >= 4 is 6.41 Å². The zero-order chi connectivity index (χ0) is 7.11. The molecule has 0 saturated heterocycles. The summed E-state index contributed by atoms with van der Waals surface area (Å²) in [6, 6.07) is 0. The van der Waals surface area contributed by atoms with Crippen LogP contribution in [0, 0.1) is 0 Å². The van der Waals surface area contributed by atoms with Crippen LogP contribution in [0.2, 0.25) is 0 Å². The van der Waals surface area contributed by atoms with E-state index in [2.05, 4.69) is 13.2 Å². The molecule has 2 nitrogen and oxygen atoms in total. The van der Waals surface area contributed by atoms with E-state index in [0.29, 0.717) is 13.1 Å². The van der Waals surface area contributed by atoms with Crippen LogP contribution in [0.25, 0.3) is 0 Å². The summed E-state index contributed by atoms with van der Waals surface area (Å²) in [5.74, 6) is 0. The average molecular weight is 129 g/mol. The molecule has 0 aromatic heterocycles. The van der Waals surface area contributed by atoms with Crippen molar-refractivity contribution in [3.8, 4) is 0 Å². The summed E-state index contributed by atoms with van der Waals surface area (Å²) in [7, 11) is 0. The van der Waals surface area contributed by atoms with E-state index in [4.69, 9.17) is 0 Å². The van der Waals surface area contributed by atoms with Gasteiger partial charge in [-0.25, -0.2) is 0 Å². The third kappa shape index (κ3) is 3.53. The predicted molar refractivity (Wildman–Crippen MR) is 38.0 cm³/mol. The third-order valence-corrected chi connectivity index (χ3v) is 0.876. The van der Waals surface area contributed by atoms with Crippen molar-refractivity contribution < 1.29 is 4.79 Å². The molecule has 0 aromatic carbocycles. The molecule has 9 heavy (non-hydrogen) atoms. The predicted octanol–water partition coefficient (Wildman–Crippen LogP) is 0.817. The molecule has 50 valence electrons. The van der Waals surface area contributed by atoms with Crippen LogP contribution in [0.4, 0.5) is 0 Å². The van der Waals surface area contributed by atoms with E-state index in [0.717, 1.165) is 6.41 Å². The lowest BCUT2D eigenvalue weighted by atomic mass is 11.0. The van der Waals surface area contributed by atoms with Crippen LogP contribution in [-0.4, -0.2) is 24.4 Å². The summed E-state index contributed by atoms with van der Waals surface area (Å²) in [6.45, 7) is 8.18. The van der Waals surface area contributed by atoms with Crippen LogP contribution in [0.3, 0.4) is 0 Å². The molecule has 0 aliphatic heterocycles. The van der Waals surface area contributed by atoms with Gasteiger partial charge in [-0.05, 0) is 0 Å². The number of carbonyl (C=O) groups excluding carboxylic acids is 1. The van der Waals surface area contributed by atoms with Gasteiger partial charge in [0.05, 0.1) is 0 Å². The fourth-order valence-corrected chi connectivity index (χ4v) is 0.492. The molecule has 0 atom stereocenters. The van der Waals surface area contributed by atoms with Gasteiger partial charge < -0.3 is 4.90 Å². The molecule has 0 heterocycles. The second-order valence-corrected chi connectivity index (χ2v) is 1.64. The Kier molecular flexibility index (Phi) is 4.50. The Morgan fingerprint density at radius 2 is 1.67 bits per heavy atom. The average Bonchev–Trinajstić information content (AvgIpc) is 1.88. The molecule has 0 aliphatic carbocycles. The van der Waals surface area contributed by atoms with Gasteiger partial charge >= 0.3 is 0 Å². The molecule has 0 spiro atoms. The van der Waals surface area contributed by atoms with Gasteiger partial charge in [-0.15, -0.1) is 13.2 Å². The van der Waals surface area contributed by atoms with Gasteiger partial charge in [-0.1, -0.05) is 12.2 Å². The first-order valence-corrected chi connectivity index (χ1v) is 2.76. The van der Waals surface area contributed by atoms with E-state index >= 15 is 0 Å². The minimum absolute atomic E-state index is 0.593. The molecule has 0 unspecified atom stereocenters. The van der Waals surface area contributed by atoms with Crippen LogP contribution in [0.1, 0.15) is 0 Å². The smallest absolute Gasteiger partial charge is 0.210 e. The summed E-state index contributed by atoms with van der Waals surface area (Å²) in [4.78, 5) is 11.7. The maximum absolute atomic E-state index is 10.1. The minimum atomic E-state index is 0.593. The van der Waals surface area contributed by atoms with Gasteiger partial charge in [0.2, 0.25) is 6.41 Å². The number of nitrogens with zero attached hydrogens (tertiary/aromatic N) is 1. The van der Waals surface area contributed by atoms with E-state index in [-0.39, 0.29) is 0 Å². The van der Waals surface area contributed by atoms with E-state index in [1.54, 1.807) is 17.1 Å². The van der Waals surface area contributed by atoms with E-state index in [9.17, 15) is 4.79 Å². The summed E-state index contributed by atoms with van der Waals surface area (Å²) in [5.41, 5.74) is 0. The molecule has 0 rings (SSSR count). The molecular weight excluding hydrogens is 118 g/mol. The summed E-state index contributed by atoms with van der Waals surface area (Å²) in [6.07, 6.45) is 4.14. The lowest BCUT2D eigenvalue weighted by Crippen LogP contribution is -2.21. The van der Waals surface area contributed by atoms with Crippen molar-refractivity contribution in [2.75, 3.05) is 13.1 Å². The highest BCUT2D eigenvalue weighted by Crippen LogP contribution is 1.81. The monoisotopic (exact) mass is 129 g/mol. The summed E-state index contributed by atoms with van der Waals surface area (Å²) >= 11 is 0. The molecule has 0 aliphatic rings. The first-order valence-electron chi connectivity index (χ1n) is 2.76. The molecule has 2 heteroatoms. The number of amides is 1. The lowest BCUT2D eigenvalue weighted by molar-refractivity contribution is -0.117. The number of hydrogen-bond donors (Lipinski definition) is 0. The fourth-order valence-electron chi connectivity index (χ4n) is 0.492. The second kappa shape index (κ2) is 5.09. The number of carbonyl (C=O) groups is 1. The number of rotatable bonds is 5. The zero-order valence-corrected chi connectivity index (χ0v) is 5.42. The number of hydrogen-bond acceptors (Lipinski definition) is 1. The summed E-state index contributed by atoms with van der Waals surface area (Å²) < 4.78 is 0. The normalized spacial score (nSPS) is 8.00. The van der Waals surface area contributed by atoms with Crippen molar-refractivity contribution in [2.24, 2.45) is 0 Å². The van der Waals surface area contributed by atoms with Crippen molar-refractivity contribution in [1.82, 2.24) is 4.90 Å². The maximum Gasteiger partial charge on any atom is 0.210 e. The van der Waals surface area contributed by atoms with Gasteiger partial charge in [-0.2, -0.15) is 0 Å². The Labute approximate surface area is 55.5 Å². The largest absolute Gasteiger partial charge is 0.338 e. The van der Waals surface area contributed by atoms with Crippen molar-refractivity contribution in [3.63, 3.8) is 0 Å². The lowest BCUT2D eigenvalue weighted by Gasteiger charge is -2.10. The molecule has 0 fully saturated rings. The Balaban J connectivity index is 3.51. The highest BCUT2D eigenvalue weighted by Gasteiger charge is 1.91. The van der Waals surface area contributed by atoms with Crippen molar-refractivity contribution in [3.05, 3.63) is 25.3 Å². The highest BCUT2D eigenvalue weighted by molar-refractivity contribution is 5.47. The Morgan fingerprint density at radius 1 is 1.22 bits per heavy atom. The maximum atomic E-state index is 10.1. The molecule has 0 saturated carbocycles. The van der Waals surface area contributed by atoms with E-state index in [1.807, 2.05) is 0 Å². The Morgan fingerprint density at radius 3 is 1.89 bits per heavy atom. The van der Waals surface area contributed by atoms with Crippen LogP contribution in [0.5, 0.6) is 0 Å². The molecule has 1 amide bonds. The topological polar surface area (TPSA) is 20.3 Å². The van der Waals surface area contributed by atoms with Gasteiger partial charge in [0.15, 0.2) is 0 Å². The Hall–Kier alpha value is -1.05. The van der Waals surface area contributed by atoms with Gasteiger partial charge in [0.1, 0.15) is 0 Å². The van der Waals surface area contributed by atoms with E-state index in [1.165, 1.54) is 0 Å². The van der Waals surface area contributed by atoms with Crippen LogP contribution in [-0.2, 0) is 4.79 Å². The standard InChI is InChI=1S/C7H11NO/c1-3-5-8(7-9)6-4-2/h3-4,7H,1-2,5-6H2/i5+2,6+2. The second-order valence-electron chi connectivity index (χ2n) is 1.64. The van der Waals surface area contributed by atoms with Gasteiger partial charge in [0, 0.05) is 13.1 Å². The minimum Gasteiger partial charge on any atom is -0.338 e. The van der Waals surface area contributed by atoms with Crippen LogP contribution in [0.15, 0.2) is 25.3 Å². The molecule has 0 bridgehead atoms. The van der Waals surface area contributed by atoms with E-state index < -0.39 is 0 Å². The quantitative estimate of drug-likeness (QED) is 0.397. The molecule has 0 N–H and O–H groups in total. The molecule has 0 radical (unpaired) electrons. The van der Waals surface area contributed by atoms with Crippen LogP contribution < -0.4 is 0 Å². The first kappa shape index (κ1) is 7.95. The first-order chi connectivity index (χ1) is 4.35. The van der Waals surface area contributed by atoms with Gasteiger partial charge in [0.25, 0.3) is 0 Å². The Bertz CT molecular complexity index is 99.5. The van der Waals surface area contributed by atoms with Crippen molar-refractivity contribution in [2.45, 2.75) is 0 Å². The SMILES string of the molecule is C=C[14CH2]N(C=O)[14CH2]C=C. The summed E-state index contributed by atoms with van der Waals surface area (Å²) in [5, 5.41) is 0. The molecule has 0 aromatic rings. The third-order valence-electron chi connectivity index (χ3n) is 0.876. The fraction of sp³-hybridized carbons (Fsp3) is 0.286. The highest BCUT2D eigenvalue weighted by atomic mass is 16.2. The van der Waals surface area contributed by atoms with Crippen molar-refractivity contribution in [1.29, 1.82) is 0 Å². The zero-order valence-electron chi connectivity index (χ0n) is 5.42. The van der Waals surface area contributed by atoms with Crippen LogP contribution >= 0.6 is 0 Å². The molecular formula is C7H11NO.